The van der Waals surface area contributed by atoms with Gasteiger partial charge in [0.15, 0.2) is 5.82 Å². The van der Waals surface area contributed by atoms with Crippen LogP contribution in [0.2, 0.25) is 10.0 Å². The van der Waals surface area contributed by atoms with Crippen molar-refractivity contribution in [2.45, 2.75) is 6.54 Å². The van der Waals surface area contributed by atoms with Crippen LogP contribution in [0.3, 0.4) is 0 Å². The van der Waals surface area contributed by atoms with Crippen LogP contribution in [-0.4, -0.2) is 31.2 Å². The van der Waals surface area contributed by atoms with E-state index < -0.39 is 5.91 Å². The number of aryl methyl sites for hydroxylation is 1. The topological polar surface area (TPSA) is 125 Å². The average molecular weight is 398 g/mol. The molecule has 0 fully saturated rings. The lowest BCUT2D eigenvalue weighted by atomic mass is 10.2. The van der Waals surface area contributed by atoms with Gasteiger partial charge in [-0.25, -0.2) is 9.97 Å². The number of hydrogen-bond acceptors (Lipinski definition) is 7. The highest BCUT2D eigenvalue weighted by Crippen LogP contribution is 2.30. The minimum atomic E-state index is -0.436. The standard InChI is InChI=1S/C14H13Cl2N7OS/c15-8-4-19-5-9(16)10(8)22-14(24)7-3-20-13(17)11-12(7)23(6-21-11)1-2-25-18/h3-6H,1-2,18H2,(H2,17,20)(H,19,22,24). The Labute approximate surface area is 157 Å². The van der Waals surface area contributed by atoms with Crippen molar-refractivity contribution >= 4 is 63.6 Å². The predicted molar refractivity (Wildman–Crippen MR) is 101 cm³/mol. The van der Waals surface area contributed by atoms with E-state index in [1.165, 1.54) is 30.5 Å². The van der Waals surface area contributed by atoms with Crippen molar-refractivity contribution < 1.29 is 4.79 Å². The smallest absolute Gasteiger partial charge is 0.259 e. The van der Waals surface area contributed by atoms with E-state index in [4.69, 9.17) is 34.1 Å². The lowest BCUT2D eigenvalue weighted by Gasteiger charge is -2.11. The maximum atomic E-state index is 12.8. The van der Waals surface area contributed by atoms with Gasteiger partial charge in [0.05, 0.1) is 33.1 Å². The summed E-state index contributed by atoms with van der Waals surface area (Å²) in [6.07, 6.45) is 5.77. The Morgan fingerprint density at radius 3 is 2.64 bits per heavy atom. The molecule has 0 radical (unpaired) electrons. The summed E-state index contributed by atoms with van der Waals surface area (Å²) in [6, 6.07) is 0. The molecule has 1 amide bonds. The Kier molecular flexibility index (Phi) is 5.28. The highest BCUT2D eigenvalue weighted by molar-refractivity contribution is 7.97. The van der Waals surface area contributed by atoms with Crippen LogP contribution in [0.4, 0.5) is 11.5 Å². The second kappa shape index (κ2) is 7.44. The van der Waals surface area contributed by atoms with Crippen LogP contribution >= 0.6 is 35.1 Å². The molecule has 11 heteroatoms. The van der Waals surface area contributed by atoms with E-state index in [-0.39, 0.29) is 21.6 Å². The van der Waals surface area contributed by atoms with Crippen molar-refractivity contribution in [1.29, 1.82) is 0 Å². The Bertz CT molecular complexity index is 926. The van der Waals surface area contributed by atoms with Crippen LogP contribution in [0.5, 0.6) is 0 Å². The Balaban J connectivity index is 2.04. The van der Waals surface area contributed by atoms with Gasteiger partial charge in [-0.05, 0) is 0 Å². The molecule has 3 rings (SSSR count). The third kappa shape index (κ3) is 3.49. The first kappa shape index (κ1) is 17.7. The Morgan fingerprint density at radius 2 is 1.96 bits per heavy atom. The largest absolute Gasteiger partial charge is 0.382 e. The van der Waals surface area contributed by atoms with Gasteiger partial charge in [-0.1, -0.05) is 35.1 Å². The number of halogens is 2. The number of rotatable bonds is 5. The lowest BCUT2D eigenvalue weighted by molar-refractivity contribution is 0.102. The highest BCUT2D eigenvalue weighted by atomic mass is 35.5. The molecular formula is C14H13Cl2N7OS. The summed E-state index contributed by atoms with van der Waals surface area (Å²) in [5, 5.41) is 8.63. The monoisotopic (exact) mass is 397 g/mol. The van der Waals surface area contributed by atoms with Gasteiger partial charge in [0, 0.05) is 30.9 Å². The first-order valence-corrected chi connectivity index (χ1v) is 8.84. The van der Waals surface area contributed by atoms with Gasteiger partial charge in [-0.3, -0.25) is 14.9 Å². The quantitative estimate of drug-likeness (QED) is 0.564. The molecule has 5 N–H and O–H groups in total. The number of imidazole rings is 1. The summed E-state index contributed by atoms with van der Waals surface area (Å²) < 4.78 is 1.80. The number of hydrogen-bond donors (Lipinski definition) is 3. The number of nitrogen functional groups attached to an aromatic ring is 1. The molecule has 0 aliphatic heterocycles. The van der Waals surface area contributed by atoms with Gasteiger partial charge >= 0.3 is 0 Å². The molecule has 0 spiro atoms. The molecule has 0 aromatic carbocycles. The Hall–Kier alpha value is -2.07. The maximum Gasteiger partial charge on any atom is 0.259 e. The van der Waals surface area contributed by atoms with E-state index in [1.807, 2.05) is 0 Å². The van der Waals surface area contributed by atoms with E-state index >= 15 is 0 Å². The summed E-state index contributed by atoms with van der Waals surface area (Å²) in [6.45, 7) is 0.568. The number of nitrogens with one attached hydrogen (secondary N) is 1. The van der Waals surface area contributed by atoms with Gasteiger partial charge in [-0.2, -0.15) is 0 Å². The van der Waals surface area contributed by atoms with Crippen molar-refractivity contribution in [3.8, 4) is 0 Å². The number of anilines is 2. The van der Waals surface area contributed by atoms with Gasteiger partial charge in [0.25, 0.3) is 5.91 Å². The normalized spacial score (nSPS) is 11.0. The number of pyridine rings is 2. The zero-order chi connectivity index (χ0) is 18.0. The zero-order valence-corrected chi connectivity index (χ0v) is 15.1. The van der Waals surface area contributed by atoms with Crippen molar-refractivity contribution in [1.82, 2.24) is 19.5 Å². The number of fused-ring (bicyclic) bond motifs is 1. The van der Waals surface area contributed by atoms with Crippen molar-refractivity contribution in [2.75, 3.05) is 16.8 Å². The number of carbonyl (C=O) groups is 1. The van der Waals surface area contributed by atoms with E-state index in [0.717, 1.165) is 0 Å². The van der Waals surface area contributed by atoms with Gasteiger partial charge in [0.1, 0.15) is 5.52 Å². The van der Waals surface area contributed by atoms with Crippen molar-refractivity contribution in [3.05, 3.63) is 40.5 Å². The zero-order valence-electron chi connectivity index (χ0n) is 12.7. The predicted octanol–water partition coefficient (Wildman–Crippen LogP) is 2.57. The summed E-state index contributed by atoms with van der Waals surface area (Å²) >= 11 is 13.3. The third-order valence-corrected chi connectivity index (χ3v) is 4.45. The molecule has 0 saturated carbocycles. The number of nitrogens with zero attached hydrogens (tertiary/aromatic N) is 4. The lowest BCUT2D eigenvalue weighted by Crippen LogP contribution is -2.16. The number of nitrogens with two attached hydrogens (primary N) is 2. The third-order valence-electron chi connectivity index (χ3n) is 3.45. The van der Waals surface area contributed by atoms with Gasteiger partial charge in [0.2, 0.25) is 0 Å². The fourth-order valence-electron chi connectivity index (χ4n) is 2.31. The molecule has 8 nitrogen and oxygen atoms in total. The first-order valence-electron chi connectivity index (χ1n) is 7.04. The molecule has 130 valence electrons. The second-order valence-electron chi connectivity index (χ2n) is 5.00. The summed E-state index contributed by atoms with van der Waals surface area (Å²) in [4.78, 5) is 24.9. The SMILES string of the molecule is NSCCn1cnc2c(N)ncc(C(=O)Nc3c(Cl)cncc3Cl)c21. The first-order chi connectivity index (χ1) is 12.0. The van der Waals surface area contributed by atoms with Crippen LogP contribution in [0.15, 0.2) is 24.9 Å². The average Bonchev–Trinajstić information content (AvgIpc) is 3.01. The van der Waals surface area contributed by atoms with Crippen LogP contribution in [0, 0.1) is 0 Å². The van der Waals surface area contributed by atoms with Crippen LogP contribution in [0.25, 0.3) is 11.0 Å². The number of carbonyl (C=O) groups excluding carboxylic acids is 1. The molecule has 0 bridgehead atoms. The molecule has 3 aromatic heterocycles. The molecule has 0 atom stereocenters. The van der Waals surface area contributed by atoms with E-state index in [1.54, 1.807) is 10.9 Å². The minimum Gasteiger partial charge on any atom is -0.382 e. The summed E-state index contributed by atoms with van der Waals surface area (Å²) in [5.41, 5.74) is 7.46. The van der Waals surface area contributed by atoms with E-state index in [0.29, 0.717) is 28.9 Å². The maximum absolute atomic E-state index is 12.8. The van der Waals surface area contributed by atoms with Crippen molar-refractivity contribution in [2.24, 2.45) is 5.14 Å². The van der Waals surface area contributed by atoms with Gasteiger partial charge in [-0.15, -0.1) is 0 Å². The summed E-state index contributed by atoms with van der Waals surface area (Å²) in [5.74, 6) is 0.455. The molecule has 0 aliphatic rings. The number of aromatic nitrogens is 4. The van der Waals surface area contributed by atoms with Gasteiger partial charge < -0.3 is 15.6 Å². The van der Waals surface area contributed by atoms with E-state index in [2.05, 4.69) is 20.3 Å². The molecule has 3 aromatic rings. The molecular weight excluding hydrogens is 385 g/mol. The second-order valence-corrected chi connectivity index (χ2v) is 6.55. The molecule has 25 heavy (non-hydrogen) atoms. The molecule has 0 unspecified atom stereocenters. The minimum absolute atomic E-state index is 0.230. The fourth-order valence-corrected chi connectivity index (χ4v) is 3.07. The molecule has 0 saturated heterocycles. The highest BCUT2D eigenvalue weighted by Gasteiger charge is 2.19. The summed E-state index contributed by atoms with van der Waals surface area (Å²) in [7, 11) is 0. The van der Waals surface area contributed by atoms with Crippen LogP contribution < -0.4 is 16.2 Å². The van der Waals surface area contributed by atoms with E-state index in [9.17, 15) is 4.79 Å². The number of amides is 1. The van der Waals surface area contributed by atoms with Crippen molar-refractivity contribution in [3.63, 3.8) is 0 Å². The van der Waals surface area contributed by atoms with Crippen LogP contribution in [0.1, 0.15) is 10.4 Å². The molecule has 0 aliphatic carbocycles. The van der Waals surface area contributed by atoms with Crippen LogP contribution in [-0.2, 0) is 6.54 Å². The molecule has 3 heterocycles. The fraction of sp³-hybridized carbons (Fsp3) is 0.143. The Morgan fingerprint density at radius 1 is 1.24 bits per heavy atom.